The number of nitrogens with zero attached hydrogens (tertiary/aromatic N) is 4. The zero-order valence-electron chi connectivity index (χ0n) is 22.8. The molecule has 0 saturated heterocycles. The second kappa shape index (κ2) is 12.0. The monoisotopic (exact) mass is 540 g/mol. The van der Waals surface area contributed by atoms with E-state index in [0.29, 0.717) is 18.9 Å². The van der Waals surface area contributed by atoms with Crippen LogP contribution in [0.1, 0.15) is 28.7 Å². The molecule has 7 nitrogen and oxygen atoms in total. The zero-order valence-corrected chi connectivity index (χ0v) is 22.8. The first-order valence-corrected chi connectivity index (χ1v) is 13.7. The zero-order chi connectivity index (χ0) is 28.0. The summed E-state index contributed by atoms with van der Waals surface area (Å²) in [5.41, 5.74) is 19.1. The number of aryl methyl sites for hydroxylation is 1. The van der Waals surface area contributed by atoms with Gasteiger partial charge in [0.1, 0.15) is 12.4 Å². The second-order valence-corrected chi connectivity index (χ2v) is 10.2. The van der Waals surface area contributed by atoms with E-state index in [4.69, 9.17) is 16.2 Å². The summed E-state index contributed by atoms with van der Waals surface area (Å²) in [6, 6.07) is 20.5. The number of rotatable bonds is 8. The lowest BCUT2D eigenvalue weighted by molar-refractivity contribution is 0.286. The van der Waals surface area contributed by atoms with Crippen molar-refractivity contribution in [2.75, 3.05) is 17.2 Å². The van der Waals surface area contributed by atoms with Crippen LogP contribution in [0, 0.1) is 11.8 Å². The maximum Gasteiger partial charge on any atom is 0.139 e. The number of ether oxygens (including phenoxy) is 1. The van der Waals surface area contributed by atoms with Crippen LogP contribution in [-0.2, 0) is 19.5 Å². The highest BCUT2D eigenvalue weighted by atomic mass is 16.5. The molecule has 1 atom stereocenters. The number of aromatic nitrogens is 3. The van der Waals surface area contributed by atoms with Gasteiger partial charge in [0, 0.05) is 72.4 Å². The van der Waals surface area contributed by atoms with Gasteiger partial charge < -0.3 is 25.7 Å². The lowest BCUT2D eigenvalue weighted by Gasteiger charge is -2.27. The highest BCUT2D eigenvalue weighted by Crippen LogP contribution is 2.35. The van der Waals surface area contributed by atoms with Crippen molar-refractivity contribution >= 4 is 28.2 Å². The van der Waals surface area contributed by atoms with Gasteiger partial charge >= 0.3 is 0 Å². The largest absolute Gasteiger partial charge is 0.490 e. The Bertz CT molecular complexity index is 1730. The maximum absolute atomic E-state index is 6.64. The normalized spacial score (nSPS) is 13.0. The Kier molecular flexibility index (Phi) is 7.65. The molecule has 7 heteroatoms. The third-order valence-corrected chi connectivity index (χ3v) is 7.19. The summed E-state index contributed by atoms with van der Waals surface area (Å²) in [5, 5.41) is 2.12. The number of nitrogen functional groups attached to an aromatic ring is 1. The summed E-state index contributed by atoms with van der Waals surface area (Å²) >= 11 is 0. The van der Waals surface area contributed by atoms with E-state index in [1.807, 2.05) is 59.8 Å². The van der Waals surface area contributed by atoms with E-state index in [0.717, 1.165) is 58.2 Å². The molecule has 41 heavy (non-hydrogen) atoms. The van der Waals surface area contributed by atoms with E-state index < -0.39 is 0 Å². The van der Waals surface area contributed by atoms with Crippen LogP contribution in [0.15, 0.2) is 98.0 Å². The maximum atomic E-state index is 6.64. The van der Waals surface area contributed by atoms with Crippen molar-refractivity contribution in [2.24, 2.45) is 5.73 Å². The predicted octanol–water partition coefficient (Wildman–Crippen LogP) is 5.40. The first-order valence-electron chi connectivity index (χ1n) is 13.7. The summed E-state index contributed by atoms with van der Waals surface area (Å²) in [6.45, 7) is 1.91. The lowest BCUT2D eigenvalue weighted by atomic mass is 9.95. The fourth-order valence-electron chi connectivity index (χ4n) is 5.09. The summed E-state index contributed by atoms with van der Waals surface area (Å²) < 4.78 is 8.04. The molecule has 0 fully saturated rings. The Balaban J connectivity index is 1.14. The summed E-state index contributed by atoms with van der Waals surface area (Å²) in [7, 11) is 0. The number of hydrogen-bond donors (Lipinski definition) is 2. The highest BCUT2D eigenvalue weighted by molar-refractivity contribution is 5.99. The molecule has 3 aromatic carbocycles. The van der Waals surface area contributed by atoms with Gasteiger partial charge in [0.25, 0.3) is 0 Å². The molecule has 4 N–H and O–H groups in total. The van der Waals surface area contributed by atoms with Gasteiger partial charge in [-0.25, -0.2) is 4.98 Å². The second-order valence-electron chi connectivity index (χ2n) is 10.2. The molecule has 204 valence electrons. The molecule has 0 spiro atoms. The van der Waals surface area contributed by atoms with Crippen LogP contribution in [0.4, 0.5) is 11.4 Å². The number of nitrogens with two attached hydrogens (primary N) is 2. The molecule has 0 aliphatic carbocycles. The molecule has 0 radical (unpaired) electrons. The number of anilines is 2. The Labute approximate surface area is 240 Å². The standard InChI is InChI=1S/C34H32N6O/c35-29(17-25-6-2-1-3-7-25)23-41-31-19-30(20-38-21-31)40-14-11-33-28(22-40)18-27-16-26(9-10-32(27)34(33)36)8-4-5-13-39-15-12-37-24-39/h1-3,6-7,9-12,14-16,18-21,24,29H,5,13,17,22-23,35-36H2/t29-/m1/s1. The molecular formula is C34H32N6O. The molecule has 1 aliphatic rings. The number of hydrogen-bond acceptors (Lipinski definition) is 6. The first kappa shape index (κ1) is 26.2. The van der Waals surface area contributed by atoms with Gasteiger partial charge in [-0.15, -0.1) is 0 Å². The predicted molar refractivity (Wildman–Crippen MR) is 165 cm³/mol. The Morgan fingerprint density at radius 3 is 2.78 bits per heavy atom. The van der Waals surface area contributed by atoms with Gasteiger partial charge in [0.2, 0.25) is 0 Å². The minimum absolute atomic E-state index is 0.106. The molecule has 0 unspecified atom stereocenters. The smallest absolute Gasteiger partial charge is 0.139 e. The summed E-state index contributed by atoms with van der Waals surface area (Å²) in [4.78, 5) is 10.6. The van der Waals surface area contributed by atoms with Crippen molar-refractivity contribution in [2.45, 2.75) is 32.0 Å². The van der Waals surface area contributed by atoms with Crippen molar-refractivity contribution < 1.29 is 4.74 Å². The van der Waals surface area contributed by atoms with E-state index in [1.165, 1.54) is 5.56 Å². The molecule has 2 aromatic heterocycles. The van der Waals surface area contributed by atoms with E-state index in [1.54, 1.807) is 12.4 Å². The Hall–Kier alpha value is -5.06. The quantitative estimate of drug-likeness (QED) is 0.202. The van der Waals surface area contributed by atoms with Crippen molar-refractivity contribution in [3.05, 3.63) is 120 Å². The van der Waals surface area contributed by atoms with Crippen LogP contribution in [0.3, 0.4) is 0 Å². The van der Waals surface area contributed by atoms with Crippen LogP contribution in [-0.4, -0.2) is 27.2 Å². The van der Waals surface area contributed by atoms with Crippen molar-refractivity contribution in [3.63, 3.8) is 0 Å². The van der Waals surface area contributed by atoms with Crippen LogP contribution < -0.4 is 21.1 Å². The van der Waals surface area contributed by atoms with Gasteiger partial charge in [0.05, 0.1) is 24.4 Å². The van der Waals surface area contributed by atoms with Crippen LogP contribution in [0.2, 0.25) is 0 Å². The SMILES string of the molecule is Nc1c2c(cc3cc(C#CCCn4ccnc4)ccc13)CN(c1cncc(OC[C@H](N)Cc3ccccc3)c1)C=C2. The van der Waals surface area contributed by atoms with Gasteiger partial charge in [-0.3, -0.25) is 4.98 Å². The van der Waals surface area contributed by atoms with Crippen molar-refractivity contribution in [1.82, 2.24) is 14.5 Å². The average molecular weight is 541 g/mol. The molecule has 0 bridgehead atoms. The number of fused-ring (bicyclic) bond motifs is 2. The lowest BCUT2D eigenvalue weighted by Crippen LogP contribution is -2.30. The van der Waals surface area contributed by atoms with Crippen LogP contribution in [0.5, 0.6) is 5.75 Å². The molecular weight excluding hydrogens is 508 g/mol. The molecule has 1 aliphatic heterocycles. The number of pyridine rings is 1. The molecule has 0 saturated carbocycles. The molecule has 0 amide bonds. The number of imidazole rings is 1. The Morgan fingerprint density at radius 2 is 1.93 bits per heavy atom. The van der Waals surface area contributed by atoms with Crippen molar-refractivity contribution in [3.8, 4) is 17.6 Å². The van der Waals surface area contributed by atoms with Gasteiger partial charge in [-0.05, 0) is 47.2 Å². The first-order chi connectivity index (χ1) is 20.1. The van der Waals surface area contributed by atoms with E-state index in [-0.39, 0.29) is 6.04 Å². The highest BCUT2D eigenvalue weighted by Gasteiger charge is 2.17. The summed E-state index contributed by atoms with van der Waals surface area (Å²) in [5.74, 6) is 7.26. The number of benzene rings is 3. The van der Waals surface area contributed by atoms with Crippen LogP contribution in [0.25, 0.3) is 16.8 Å². The van der Waals surface area contributed by atoms with Crippen LogP contribution >= 0.6 is 0 Å². The van der Waals surface area contributed by atoms with E-state index in [2.05, 4.69) is 63.1 Å². The van der Waals surface area contributed by atoms with Gasteiger partial charge in [-0.1, -0.05) is 48.2 Å². The van der Waals surface area contributed by atoms with E-state index >= 15 is 0 Å². The fourth-order valence-corrected chi connectivity index (χ4v) is 5.09. The fraction of sp³-hybridized carbons (Fsp3) is 0.176. The third kappa shape index (κ3) is 6.24. The molecule has 3 heterocycles. The van der Waals surface area contributed by atoms with Gasteiger partial charge in [0.15, 0.2) is 0 Å². The summed E-state index contributed by atoms with van der Waals surface area (Å²) in [6.07, 6.45) is 14.7. The minimum Gasteiger partial charge on any atom is -0.490 e. The van der Waals surface area contributed by atoms with Crippen molar-refractivity contribution in [1.29, 1.82) is 0 Å². The molecule has 5 aromatic rings. The topological polar surface area (TPSA) is 95.2 Å². The third-order valence-electron chi connectivity index (χ3n) is 7.19. The Morgan fingerprint density at radius 1 is 1.02 bits per heavy atom. The minimum atomic E-state index is -0.106. The van der Waals surface area contributed by atoms with E-state index in [9.17, 15) is 0 Å². The van der Waals surface area contributed by atoms with Gasteiger partial charge in [-0.2, -0.15) is 0 Å². The average Bonchev–Trinajstić information content (AvgIpc) is 3.52. The molecule has 6 rings (SSSR count).